The molecule has 1 aromatic carbocycles. The molecule has 0 aliphatic heterocycles. The molecule has 0 unspecified atom stereocenters. The Balaban J connectivity index is 1.69. The predicted octanol–water partition coefficient (Wildman–Crippen LogP) is 5.52. The quantitative estimate of drug-likeness (QED) is 0.609. The van der Waals surface area contributed by atoms with Gasteiger partial charge in [0.1, 0.15) is 5.69 Å². The molecule has 2 N–H and O–H groups in total. The van der Waals surface area contributed by atoms with E-state index >= 15 is 0 Å². The maximum atomic E-state index is 12.6. The van der Waals surface area contributed by atoms with Gasteiger partial charge in [0.25, 0.3) is 0 Å². The van der Waals surface area contributed by atoms with E-state index in [1.54, 1.807) is 6.92 Å². The molecule has 0 aliphatic carbocycles. The molecule has 0 saturated carbocycles. The summed E-state index contributed by atoms with van der Waals surface area (Å²) in [4.78, 5) is 7.70. The van der Waals surface area contributed by atoms with Crippen molar-refractivity contribution in [2.24, 2.45) is 0 Å². The maximum Gasteiger partial charge on any atom is 0.433 e. The Bertz CT molecular complexity index is 829. The third kappa shape index (κ3) is 3.73. The van der Waals surface area contributed by atoms with Crippen molar-refractivity contribution in [2.45, 2.75) is 18.0 Å². The van der Waals surface area contributed by atoms with Crippen molar-refractivity contribution in [1.29, 1.82) is 0 Å². The number of halogens is 3. The molecule has 3 rings (SSSR count). The number of hydrogen-bond donors (Lipinski definition) is 2. The monoisotopic (exact) mass is 349 g/mol. The number of nitrogens with one attached hydrogen (secondary N) is 2. The first-order valence-corrected chi connectivity index (χ1v) is 7.96. The van der Waals surface area contributed by atoms with E-state index in [1.807, 2.05) is 42.6 Å². The Kier molecular flexibility index (Phi) is 4.53. The van der Waals surface area contributed by atoms with Crippen molar-refractivity contribution in [3.05, 3.63) is 66.1 Å². The van der Waals surface area contributed by atoms with Crippen LogP contribution in [0.3, 0.4) is 0 Å². The van der Waals surface area contributed by atoms with Crippen LogP contribution in [0.1, 0.15) is 11.4 Å². The third-order valence-electron chi connectivity index (χ3n) is 3.40. The summed E-state index contributed by atoms with van der Waals surface area (Å²) in [6.07, 6.45) is -2.59. The predicted molar refractivity (Wildman–Crippen MR) is 89.7 cm³/mol. The summed E-state index contributed by atoms with van der Waals surface area (Å²) in [6, 6.07) is 14.2. The number of H-pyrrole nitrogens is 1. The number of aromatic amines is 1. The molecule has 0 saturated heterocycles. The molecule has 0 atom stereocenters. The fourth-order valence-corrected chi connectivity index (χ4v) is 2.90. The minimum Gasteiger partial charge on any atom is -0.360 e. The standard InChI is InChI=1S/C17H14F3N3S/c1-11-14(7-8-16(22-11)17(18,19)20)23-24-13-9-15(21-10-13)12-5-3-2-4-6-12/h2-10,21,23H,1H3. The number of aromatic nitrogens is 2. The lowest BCUT2D eigenvalue weighted by Gasteiger charge is -2.10. The summed E-state index contributed by atoms with van der Waals surface area (Å²) in [5.74, 6) is 0. The van der Waals surface area contributed by atoms with E-state index in [1.165, 1.54) is 18.0 Å². The van der Waals surface area contributed by atoms with Gasteiger partial charge in [0.15, 0.2) is 0 Å². The molecule has 0 radical (unpaired) electrons. The van der Waals surface area contributed by atoms with Crippen LogP contribution in [0, 0.1) is 6.92 Å². The molecule has 3 aromatic rings. The summed E-state index contributed by atoms with van der Waals surface area (Å²) in [6.45, 7) is 1.55. The van der Waals surface area contributed by atoms with Gasteiger partial charge in [-0.2, -0.15) is 13.2 Å². The van der Waals surface area contributed by atoms with E-state index < -0.39 is 11.9 Å². The molecule has 0 spiro atoms. The molecule has 3 nitrogen and oxygen atoms in total. The van der Waals surface area contributed by atoms with Crippen LogP contribution < -0.4 is 4.72 Å². The Hall–Kier alpha value is -2.41. The first-order valence-electron chi connectivity index (χ1n) is 7.15. The van der Waals surface area contributed by atoms with Crippen LogP contribution in [0.5, 0.6) is 0 Å². The average molecular weight is 349 g/mol. The Morgan fingerprint density at radius 2 is 1.83 bits per heavy atom. The highest BCUT2D eigenvalue weighted by Gasteiger charge is 2.32. The minimum atomic E-state index is -4.43. The Labute approximate surface area is 141 Å². The van der Waals surface area contributed by atoms with Crippen molar-refractivity contribution >= 4 is 17.6 Å². The van der Waals surface area contributed by atoms with Crippen LogP contribution in [0.15, 0.2) is 59.6 Å². The molecule has 2 heterocycles. The summed E-state index contributed by atoms with van der Waals surface area (Å²) < 4.78 is 40.9. The highest BCUT2D eigenvalue weighted by molar-refractivity contribution is 8.00. The molecule has 0 bridgehead atoms. The number of benzene rings is 1. The number of rotatable bonds is 4. The van der Waals surface area contributed by atoms with Gasteiger partial charge in [0, 0.05) is 16.8 Å². The zero-order chi connectivity index (χ0) is 17.2. The molecular weight excluding hydrogens is 335 g/mol. The lowest BCUT2D eigenvalue weighted by Crippen LogP contribution is -2.09. The molecule has 7 heteroatoms. The molecule has 124 valence electrons. The van der Waals surface area contributed by atoms with Crippen LogP contribution >= 0.6 is 11.9 Å². The summed E-state index contributed by atoms with van der Waals surface area (Å²) in [5.41, 5.74) is 2.01. The van der Waals surface area contributed by atoms with E-state index in [4.69, 9.17) is 0 Å². The lowest BCUT2D eigenvalue weighted by molar-refractivity contribution is -0.141. The summed E-state index contributed by atoms with van der Waals surface area (Å²) >= 11 is 1.31. The van der Waals surface area contributed by atoms with Gasteiger partial charge in [-0.3, -0.25) is 0 Å². The summed E-state index contributed by atoms with van der Waals surface area (Å²) in [5, 5.41) is 0. The van der Waals surface area contributed by atoms with Gasteiger partial charge in [-0.1, -0.05) is 30.3 Å². The van der Waals surface area contributed by atoms with Gasteiger partial charge < -0.3 is 9.71 Å². The van der Waals surface area contributed by atoms with Crippen molar-refractivity contribution in [1.82, 2.24) is 9.97 Å². The van der Waals surface area contributed by atoms with Crippen molar-refractivity contribution in [2.75, 3.05) is 4.72 Å². The molecule has 0 amide bonds. The number of hydrogen-bond acceptors (Lipinski definition) is 3. The zero-order valence-corrected chi connectivity index (χ0v) is 13.5. The van der Waals surface area contributed by atoms with Gasteiger partial charge >= 0.3 is 6.18 Å². The fourth-order valence-electron chi connectivity index (χ4n) is 2.16. The van der Waals surface area contributed by atoms with E-state index in [9.17, 15) is 13.2 Å². The van der Waals surface area contributed by atoms with Crippen LogP contribution in [0.2, 0.25) is 0 Å². The number of nitrogens with zero attached hydrogens (tertiary/aromatic N) is 1. The first kappa shape index (κ1) is 16.4. The SMILES string of the molecule is Cc1nc(C(F)(F)F)ccc1NSc1c[nH]c(-c2ccccc2)c1. The minimum absolute atomic E-state index is 0.302. The third-order valence-corrected chi connectivity index (χ3v) is 4.19. The average Bonchev–Trinajstić information content (AvgIpc) is 3.02. The van der Waals surface area contributed by atoms with Crippen molar-refractivity contribution in [3.63, 3.8) is 0 Å². The Morgan fingerprint density at radius 3 is 2.50 bits per heavy atom. The van der Waals surface area contributed by atoms with E-state index in [0.29, 0.717) is 11.4 Å². The van der Waals surface area contributed by atoms with Gasteiger partial charge in [-0.25, -0.2) is 4.98 Å². The second kappa shape index (κ2) is 6.60. The smallest absolute Gasteiger partial charge is 0.360 e. The topological polar surface area (TPSA) is 40.7 Å². The molecule has 0 aliphatic rings. The van der Waals surface area contributed by atoms with E-state index in [2.05, 4.69) is 14.7 Å². The van der Waals surface area contributed by atoms with Crippen LogP contribution in [-0.4, -0.2) is 9.97 Å². The second-order valence-electron chi connectivity index (χ2n) is 5.15. The molecule has 24 heavy (non-hydrogen) atoms. The number of aryl methyl sites for hydroxylation is 1. The highest BCUT2D eigenvalue weighted by atomic mass is 32.2. The highest BCUT2D eigenvalue weighted by Crippen LogP contribution is 2.31. The van der Waals surface area contributed by atoms with Crippen molar-refractivity contribution < 1.29 is 13.2 Å². The molecule has 2 aromatic heterocycles. The molecule has 0 fully saturated rings. The first-order chi connectivity index (χ1) is 11.4. The number of alkyl halides is 3. The van der Waals surface area contributed by atoms with Crippen LogP contribution in [0.4, 0.5) is 18.9 Å². The number of anilines is 1. The fraction of sp³-hybridized carbons (Fsp3) is 0.118. The summed E-state index contributed by atoms with van der Waals surface area (Å²) in [7, 11) is 0. The van der Waals surface area contributed by atoms with Crippen LogP contribution in [-0.2, 0) is 6.18 Å². The zero-order valence-electron chi connectivity index (χ0n) is 12.7. The van der Waals surface area contributed by atoms with Gasteiger partial charge in [-0.05, 0) is 42.6 Å². The second-order valence-corrected chi connectivity index (χ2v) is 6.03. The Morgan fingerprint density at radius 1 is 1.08 bits per heavy atom. The van der Waals surface area contributed by atoms with E-state index in [-0.39, 0.29) is 0 Å². The van der Waals surface area contributed by atoms with Crippen LogP contribution in [0.25, 0.3) is 11.3 Å². The molecular formula is C17H14F3N3S. The van der Waals surface area contributed by atoms with Crippen molar-refractivity contribution in [3.8, 4) is 11.3 Å². The van der Waals surface area contributed by atoms with Gasteiger partial charge in [0.05, 0.1) is 11.4 Å². The van der Waals surface area contributed by atoms with E-state index in [0.717, 1.165) is 22.2 Å². The van der Waals surface area contributed by atoms with Gasteiger partial charge in [-0.15, -0.1) is 0 Å². The maximum absolute atomic E-state index is 12.6. The lowest BCUT2D eigenvalue weighted by atomic mass is 10.2. The largest absolute Gasteiger partial charge is 0.433 e. The van der Waals surface area contributed by atoms with Gasteiger partial charge in [0.2, 0.25) is 0 Å². The number of pyridine rings is 1. The normalized spacial score (nSPS) is 11.5.